The van der Waals surface area contributed by atoms with Crippen LogP contribution in [0.3, 0.4) is 0 Å². The summed E-state index contributed by atoms with van der Waals surface area (Å²) in [4.78, 5) is 11.6. The second-order valence-electron chi connectivity index (χ2n) is 5.40. The van der Waals surface area contributed by atoms with Crippen molar-refractivity contribution in [2.75, 3.05) is 6.61 Å². The smallest absolute Gasteiger partial charge is 0.308 e. The molecule has 0 aliphatic heterocycles. The second kappa shape index (κ2) is 8.32. The van der Waals surface area contributed by atoms with Crippen molar-refractivity contribution < 1.29 is 18.7 Å². The lowest BCUT2D eigenvalue weighted by molar-refractivity contribution is -0.147. The van der Waals surface area contributed by atoms with Gasteiger partial charge in [-0.1, -0.05) is 43.3 Å². The Morgan fingerprint density at radius 1 is 1.13 bits per heavy atom. The van der Waals surface area contributed by atoms with Gasteiger partial charge in [0.15, 0.2) is 11.6 Å². The highest BCUT2D eigenvalue weighted by molar-refractivity contribution is 5.72. The number of hydrogen-bond donors (Lipinski definition) is 0. The van der Waals surface area contributed by atoms with E-state index < -0.39 is 5.82 Å². The van der Waals surface area contributed by atoms with Gasteiger partial charge in [-0.15, -0.1) is 0 Å². The van der Waals surface area contributed by atoms with E-state index in [9.17, 15) is 9.18 Å². The lowest BCUT2D eigenvalue weighted by atomic mass is 10.0. The number of carbonyl (C=O) groups is 1. The molecule has 2 aromatic rings. The quantitative estimate of drug-likeness (QED) is 0.720. The maximum Gasteiger partial charge on any atom is 0.308 e. The summed E-state index contributed by atoms with van der Waals surface area (Å²) in [6.07, 6.45) is 0.439. The molecule has 0 saturated carbocycles. The minimum atomic E-state index is -0.422. The van der Waals surface area contributed by atoms with Crippen LogP contribution in [0, 0.1) is 11.7 Å². The molecule has 0 spiro atoms. The van der Waals surface area contributed by atoms with Crippen molar-refractivity contribution in [2.24, 2.45) is 5.92 Å². The third-order valence-corrected chi connectivity index (χ3v) is 3.46. The first kappa shape index (κ1) is 17.0. The van der Waals surface area contributed by atoms with Gasteiger partial charge in [0, 0.05) is 0 Å². The third-order valence-electron chi connectivity index (χ3n) is 3.46. The fourth-order valence-electron chi connectivity index (χ4n) is 2.25. The van der Waals surface area contributed by atoms with E-state index in [1.165, 1.54) is 6.07 Å². The molecule has 0 bridgehead atoms. The highest BCUT2D eigenvalue weighted by Gasteiger charge is 2.15. The molecule has 0 N–H and O–H groups in total. The molecule has 0 fully saturated rings. The molecule has 1 atom stereocenters. The molecule has 0 aliphatic carbocycles. The second-order valence-corrected chi connectivity index (χ2v) is 5.40. The van der Waals surface area contributed by atoms with Gasteiger partial charge in [-0.3, -0.25) is 4.79 Å². The van der Waals surface area contributed by atoms with Crippen molar-refractivity contribution in [3.63, 3.8) is 0 Å². The van der Waals surface area contributed by atoms with Crippen LogP contribution in [0.15, 0.2) is 48.5 Å². The monoisotopic (exact) mass is 316 g/mol. The molecule has 0 heterocycles. The number of halogens is 1. The first-order valence-electron chi connectivity index (χ1n) is 7.72. The molecule has 23 heavy (non-hydrogen) atoms. The highest BCUT2D eigenvalue weighted by Crippen LogP contribution is 2.21. The van der Waals surface area contributed by atoms with Crippen molar-refractivity contribution in [2.45, 2.75) is 26.9 Å². The summed E-state index contributed by atoms with van der Waals surface area (Å²) in [5, 5.41) is 0. The van der Waals surface area contributed by atoms with E-state index in [-0.39, 0.29) is 17.6 Å². The molecule has 0 saturated heterocycles. The van der Waals surface area contributed by atoms with E-state index in [0.29, 0.717) is 19.6 Å². The van der Waals surface area contributed by atoms with Crippen LogP contribution in [0.2, 0.25) is 0 Å². The van der Waals surface area contributed by atoms with Crippen LogP contribution in [0.5, 0.6) is 5.75 Å². The Morgan fingerprint density at radius 2 is 1.87 bits per heavy atom. The fourth-order valence-corrected chi connectivity index (χ4v) is 2.25. The number of rotatable bonds is 7. The predicted molar refractivity (Wildman–Crippen MR) is 86.7 cm³/mol. The Hall–Kier alpha value is -2.36. The van der Waals surface area contributed by atoms with Crippen molar-refractivity contribution >= 4 is 5.97 Å². The Kier molecular flexibility index (Phi) is 6.15. The van der Waals surface area contributed by atoms with Crippen LogP contribution in [-0.4, -0.2) is 12.6 Å². The average Bonchev–Trinajstić information content (AvgIpc) is 2.55. The highest BCUT2D eigenvalue weighted by atomic mass is 19.1. The Bertz CT molecular complexity index is 640. The van der Waals surface area contributed by atoms with Crippen molar-refractivity contribution in [1.82, 2.24) is 0 Å². The summed E-state index contributed by atoms with van der Waals surface area (Å²) in [5.41, 5.74) is 1.72. The normalized spacial score (nSPS) is 11.8. The van der Waals surface area contributed by atoms with Gasteiger partial charge >= 0.3 is 5.97 Å². The molecule has 2 rings (SSSR count). The van der Waals surface area contributed by atoms with Crippen LogP contribution in [0.25, 0.3) is 0 Å². The molecule has 2 aromatic carbocycles. The zero-order chi connectivity index (χ0) is 16.7. The van der Waals surface area contributed by atoms with E-state index in [1.54, 1.807) is 26.0 Å². The molecular weight excluding hydrogens is 295 g/mol. The first-order chi connectivity index (χ1) is 11.1. The van der Waals surface area contributed by atoms with Crippen LogP contribution in [0.1, 0.15) is 25.0 Å². The van der Waals surface area contributed by atoms with Gasteiger partial charge in [0.2, 0.25) is 0 Å². The van der Waals surface area contributed by atoms with E-state index in [4.69, 9.17) is 9.47 Å². The molecule has 0 radical (unpaired) electrons. The van der Waals surface area contributed by atoms with Crippen LogP contribution in [-0.2, 0) is 22.6 Å². The van der Waals surface area contributed by atoms with Crippen LogP contribution >= 0.6 is 0 Å². The molecular formula is C19H21FO3. The molecule has 4 heteroatoms. The fraction of sp³-hybridized carbons (Fsp3) is 0.316. The van der Waals surface area contributed by atoms with Gasteiger partial charge in [-0.05, 0) is 36.6 Å². The summed E-state index contributed by atoms with van der Waals surface area (Å²) in [5.74, 6) is -0.779. The predicted octanol–water partition coefficient (Wildman–Crippen LogP) is 4.15. The largest absolute Gasteiger partial charge is 0.486 e. The van der Waals surface area contributed by atoms with Crippen molar-refractivity contribution in [1.29, 1.82) is 0 Å². The Balaban J connectivity index is 1.96. The first-order valence-corrected chi connectivity index (χ1v) is 7.72. The summed E-state index contributed by atoms with van der Waals surface area (Å²) in [7, 11) is 0. The SMILES string of the molecule is CCOC(=O)C(C)Cc1ccc(OCc2ccccc2)c(F)c1. The van der Waals surface area contributed by atoms with Gasteiger partial charge in [0.1, 0.15) is 6.61 Å². The number of benzene rings is 2. The zero-order valence-electron chi connectivity index (χ0n) is 13.4. The molecule has 0 amide bonds. The van der Waals surface area contributed by atoms with E-state index in [2.05, 4.69) is 0 Å². The van der Waals surface area contributed by atoms with Gasteiger partial charge in [-0.2, -0.15) is 0 Å². The van der Waals surface area contributed by atoms with Gasteiger partial charge in [-0.25, -0.2) is 4.39 Å². The minimum absolute atomic E-state index is 0.210. The van der Waals surface area contributed by atoms with Crippen LogP contribution < -0.4 is 4.74 Å². The third kappa shape index (κ3) is 5.09. The Labute approximate surface area is 136 Å². The number of ether oxygens (including phenoxy) is 2. The maximum atomic E-state index is 14.1. The summed E-state index contributed by atoms with van der Waals surface area (Å²) >= 11 is 0. The molecule has 1 unspecified atom stereocenters. The molecule has 122 valence electrons. The average molecular weight is 316 g/mol. The maximum absolute atomic E-state index is 14.1. The van der Waals surface area contributed by atoms with E-state index in [0.717, 1.165) is 11.1 Å². The number of hydrogen-bond acceptors (Lipinski definition) is 3. The zero-order valence-corrected chi connectivity index (χ0v) is 13.4. The van der Waals surface area contributed by atoms with Crippen LogP contribution in [0.4, 0.5) is 4.39 Å². The standard InChI is InChI=1S/C19H21FO3/c1-3-22-19(21)14(2)11-16-9-10-18(17(20)12-16)23-13-15-7-5-4-6-8-15/h4-10,12,14H,3,11,13H2,1-2H3. The van der Waals surface area contributed by atoms with Gasteiger partial charge in [0.25, 0.3) is 0 Å². The molecule has 0 aliphatic rings. The summed E-state index contributed by atoms with van der Waals surface area (Å²) < 4.78 is 24.6. The summed E-state index contributed by atoms with van der Waals surface area (Å²) in [6, 6.07) is 14.4. The summed E-state index contributed by atoms with van der Waals surface area (Å²) in [6.45, 7) is 4.21. The Morgan fingerprint density at radius 3 is 2.52 bits per heavy atom. The molecule has 0 aromatic heterocycles. The lowest BCUT2D eigenvalue weighted by Gasteiger charge is -2.12. The minimum Gasteiger partial charge on any atom is -0.486 e. The lowest BCUT2D eigenvalue weighted by Crippen LogP contribution is -2.17. The van der Waals surface area contributed by atoms with Crippen molar-refractivity contribution in [3.05, 3.63) is 65.5 Å². The number of esters is 1. The van der Waals surface area contributed by atoms with E-state index >= 15 is 0 Å². The van der Waals surface area contributed by atoms with E-state index in [1.807, 2.05) is 30.3 Å². The van der Waals surface area contributed by atoms with Crippen molar-refractivity contribution in [3.8, 4) is 5.75 Å². The molecule has 3 nitrogen and oxygen atoms in total. The van der Waals surface area contributed by atoms with Gasteiger partial charge in [0.05, 0.1) is 12.5 Å². The number of carbonyl (C=O) groups excluding carboxylic acids is 1. The topological polar surface area (TPSA) is 35.5 Å². The van der Waals surface area contributed by atoms with Gasteiger partial charge < -0.3 is 9.47 Å².